The van der Waals surface area contributed by atoms with Crippen LogP contribution in [0.3, 0.4) is 0 Å². The minimum atomic E-state index is -4.42. The van der Waals surface area contributed by atoms with Gasteiger partial charge in [0.2, 0.25) is 5.91 Å². The molecule has 1 aliphatic heterocycles. The van der Waals surface area contributed by atoms with Crippen molar-refractivity contribution >= 4 is 23.1 Å². The van der Waals surface area contributed by atoms with Gasteiger partial charge in [0.1, 0.15) is 11.9 Å². The topological polar surface area (TPSA) is 60.2 Å². The standard InChI is InChI=1S/C29H31F3N4OS/c1-18(2)25-17-35(11-12-36(25)26(37)15-23-6-5-13-38-23)28-21(16-33)14-24(27(34-28)19(3)4)20-7-9-22(10-8-20)29(30,31)32/h5-10,13-14,18-19,25H,11-12,15,17H2,1-4H3. The Hall–Kier alpha value is -3.38. The van der Waals surface area contributed by atoms with E-state index in [0.29, 0.717) is 48.6 Å². The van der Waals surface area contributed by atoms with E-state index in [1.165, 1.54) is 12.1 Å². The number of pyridine rings is 1. The van der Waals surface area contributed by atoms with E-state index >= 15 is 0 Å². The molecule has 1 aromatic carbocycles. The van der Waals surface area contributed by atoms with Gasteiger partial charge in [0.05, 0.1) is 29.3 Å². The Balaban J connectivity index is 1.65. The molecular weight excluding hydrogens is 509 g/mol. The van der Waals surface area contributed by atoms with Crippen molar-refractivity contribution < 1.29 is 18.0 Å². The first-order chi connectivity index (χ1) is 18.0. The average molecular weight is 541 g/mol. The fraction of sp³-hybridized carbons (Fsp3) is 0.414. The SMILES string of the molecule is CC(C)c1nc(N2CCN(C(=O)Cc3cccs3)C(C(C)C)C2)c(C#N)cc1-c1ccc(C(F)(F)F)cc1. The molecule has 1 atom stereocenters. The van der Waals surface area contributed by atoms with Crippen molar-refractivity contribution in [3.63, 3.8) is 0 Å². The van der Waals surface area contributed by atoms with Gasteiger partial charge in [0.15, 0.2) is 0 Å². The first-order valence-electron chi connectivity index (χ1n) is 12.7. The summed E-state index contributed by atoms with van der Waals surface area (Å²) in [5.74, 6) is 0.836. The van der Waals surface area contributed by atoms with Crippen molar-refractivity contribution in [1.29, 1.82) is 5.26 Å². The lowest BCUT2D eigenvalue weighted by Crippen LogP contribution is -2.57. The highest BCUT2D eigenvalue weighted by molar-refractivity contribution is 7.10. The van der Waals surface area contributed by atoms with Crippen LogP contribution in [0.4, 0.5) is 19.0 Å². The van der Waals surface area contributed by atoms with Crippen LogP contribution in [0.1, 0.15) is 55.3 Å². The molecule has 0 radical (unpaired) electrons. The number of amides is 1. The van der Waals surface area contributed by atoms with Crippen molar-refractivity contribution in [3.8, 4) is 17.2 Å². The molecule has 1 fully saturated rings. The van der Waals surface area contributed by atoms with Gasteiger partial charge in [-0.1, -0.05) is 45.9 Å². The van der Waals surface area contributed by atoms with Gasteiger partial charge in [0, 0.05) is 30.1 Å². The summed E-state index contributed by atoms with van der Waals surface area (Å²) in [4.78, 5) is 23.1. The maximum absolute atomic E-state index is 13.2. The first-order valence-corrected chi connectivity index (χ1v) is 13.6. The minimum Gasteiger partial charge on any atom is -0.352 e. The third-order valence-corrected chi connectivity index (χ3v) is 7.81. The summed E-state index contributed by atoms with van der Waals surface area (Å²) < 4.78 is 39.2. The number of carbonyl (C=O) groups excluding carboxylic acids is 1. The number of halogens is 3. The number of aromatic nitrogens is 1. The van der Waals surface area contributed by atoms with Gasteiger partial charge in [-0.15, -0.1) is 11.3 Å². The van der Waals surface area contributed by atoms with Crippen molar-refractivity contribution in [3.05, 3.63) is 69.5 Å². The molecule has 1 aliphatic rings. The van der Waals surface area contributed by atoms with Crippen LogP contribution in [0.2, 0.25) is 0 Å². The smallest absolute Gasteiger partial charge is 0.352 e. The number of carbonyl (C=O) groups is 1. The molecule has 0 spiro atoms. The third-order valence-electron chi connectivity index (χ3n) is 6.94. The van der Waals surface area contributed by atoms with Crippen LogP contribution in [0, 0.1) is 17.2 Å². The van der Waals surface area contributed by atoms with Crippen molar-refractivity contribution in [1.82, 2.24) is 9.88 Å². The molecule has 1 amide bonds. The summed E-state index contributed by atoms with van der Waals surface area (Å²) in [5, 5.41) is 12.0. The molecule has 3 heterocycles. The highest BCUT2D eigenvalue weighted by Gasteiger charge is 2.34. The Morgan fingerprint density at radius 3 is 2.42 bits per heavy atom. The lowest BCUT2D eigenvalue weighted by molar-refractivity contribution is -0.137. The Bertz CT molecular complexity index is 1310. The Morgan fingerprint density at radius 1 is 1.16 bits per heavy atom. The zero-order valence-corrected chi connectivity index (χ0v) is 22.7. The molecule has 38 heavy (non-hydrogen) atoms. The first kappa shape index (κ1) is 27.6. The minimum absolute atomic E-state index is 0.0201. The molecule has 3 aromatic rings. The van der Waals surface area contributed by atoms with E-state index in [1.54, 1.807) is 17.4 Å². The maximum Gasteiger partial charge on any atom is 0.416 e. The van der Waals surface area contributed by atoms with E-state index in [-0.39, 0.29) is 23.8 Å². The van der Waals surface area contributed by atoms with E-state index in [0.717, 1.165) is 22.7 Å². The highest BCUT2D eigenvalue weighted by Crippen LogP contribution is 2.36. The lowest BCUT2D eigenvalue weighted by Gasteiger charge is -2.44. The Kier molecular flexibility index (Phi) is 8.12. The van der Waals surface area contributed by atoms with Gasteiger partial charge < -0.3 is 9.80 Å². The quantitative estimate of drug-likeness (QED) is 0.347. The number of piperazine rings is 1. The van der Waals surface area contributed by atoms with Crippen LogP contribution >= 0.6 is 11.3 Å². The number of thiophene rings is 1. The number of alkyl halides is 3. The number of rotatable bonds is 6. The average Bonchev–Trinajstić information content (AvgIpc) is 3.40. The third kappa shape index (κ3) is 5.86. The van der Waals surface area contributed by atoms with Gasteiger partial charge in [-0.25, -0.2) is 4.98 Å². The second-order valence-corrected chi connectivity index (χ2v) is 11.3. The number of hydrogen-bond donors (Lipinski definition) is 0. The van der Waals surface area contributed by atoms with Crippen LogP contribution in [-0.4, -0.2) is 41.5 Å². The van der Waals surface area contributed by atoms with Crippen LogP contribution in [0.15, 0.2) is 47.8 Å². The van der Waals surface area contributed by atoms with Gasteiger partial charge in [-0.2, -0.15) is 18.4 Å². The summed E-state index contributed by atoms with van der Waals surface area (Å²) in [6, 6.07) is 12.8. The summed E-state index contributed by atoms with van der Waals surface area (Å²) in [6.45, 7) is 9.74. The van der Waals surface area contributed by atoms with Crippen LogP contribution in [0.25, 0.3) is 11.1 Å². The highest BCUT2D eigenvalue weighted by atomic mass is 32.1. The summed E-state index contributed by atoms with van der Waals surface area (Å²) in [5.41, 5.74) is 1.60. The second-order valence-electron chi connectivity index (χ2n) is 10.2. The predicted octanol–water partition coefficient (Wildman–Crippen LogP) is 6.74. The molecule has 0 aliphatic carbocycles. The Morgan fingerprint density at radius 2 is 1.87 bits per heavy atom. The summed E-state index contributed by atoms with van der Waals surface area (Å²) >= 11 is 1.57. The molecule has 2 aromatic heterocycles. The number of nitriles is 1. The number of nitrogens with zero attached hydrogens (tertiary/aromatic N) is 4. The van der Waals surface area contributed by atoms with E-state index in [1.807, 2.05) is 36.3 Å². The van der Waals surface area contributed by atoms with Gasteiger partial charge >= 0.3 is 6.18 Å². The van der Waals surface area contributed by atoms with E-state index in [9.17, 15) is 23.2 Å². The largest absolute Gasteiger partial charge is 0.416 e. The molecular formula is C29H31F3N4OS. The zero-order valence-electron chi connectivity index (χ0n) is 21.9. The lowest BCUT2D eigenvalue weighted by atomic mass is 9.94. The molecule has 5 nitrogen and oxygen atoms in total. The molecule has 9 heteroatoms. The predicted molar refractivity (Wildman–Crippen MR) is 144 cm³/mol. The van der Waals surface area contributed by atoms with Crippen molar-refractivity contribution in [2.75, 3.05) is 24.5 Å². The fourth-order valence-electron chi connectivity index (χ4n) is 4.90. The van der Waals surface area contributed by atoms with Crippen molar-refractivity contribution in [2.24, 2.45) is 5.92 Å². The number of hydrogen-bond acceptors (Lipinski definition) is 5. The normalized spacial score (nSPS) is 16.3. The summed E-state index contributed by atoms with van der Waals surface area (Å²) in [6.07, 6.45) is -4.04. The second kappa shape index (κ2) is 11.2. The van der Waals surface area contributed by atoms with Gasteiger partial charge in [-0.3, -0.25) is 4.79 Å². The van der Waals surface area contributed by atoms with E-state index in [2.05, 4.69) is 24.8 Å². The van der Waals surface area contributed by atoms with Gasteiger partial charge in [-0.05, 0) is 47.0 Å². The number of benzene rings is 1. The molecule has 200 valence electrons. The fourth-order valence-corrected chi connectivity index (χ4v) is 5.59. The van der Waals surface area contributed by atoms with E-state index in [4.69, 9.17) is 4.98 Å². The summed E-state index contributed by atoms with van der Waals surface area (Å²) in [7, 11) is 0. The van der Waals surface area contributed by atoms with Gasteiger partial charge in [0.25, 0.3) is 0 Å². The van der Waals surface area contributed by atoms with Crippen LogP contribution < -0.4 is 4.90 Å². The molecule has 0 saturated carbocycles. The molecule has 1 unspecified atom stereocenters. The molecule has 4 rings (SSSR count). The van der Waals surface area contributed by atoms with Crippen molar-refractivity contribution in [2.45, 2.75) is 52.3 Å². The maximum atomic E-state index is 13.2. The molecule has 1 saturated heterocycles. The van der Waals surface area contributed by atoms with E-state index < -0.39 is 11.7 Å². The Labute approximate surface area is 225 Å². The van der Waals surface area contributed by atoms with Crippen LogP contribution in [-0.2, 0) is 17.4 Å². The van der Waals surface area contributed by atoms with Crippen LogP contribution in [0.5, 0.6) is 0 Å². The molecule has 0 bridgehead atoms. The number of anilines is 1. The molecule has 0 N–H and O–H groups in total. The monoisotopic (exact) mass is 540 g/mol. The zero-order chi connectivity index (χ0) is 27.6.